The summed E-state index contributed by atoms with van der Waals surface area (Å²) in [4.78, 5) is 27.7. The van der Waals surface area contributed by atoms with Crippen molar-refractivity contribution in [1.82, 2.24) is 14.1 Å². The highest BCUT2D eigenvalue weighted by Crippen LogP contribution is 2.31. The molecule has 1 aliphatic carbocycles. The Morgan fingerprint density at radius 2 is 1.68 bits per heavy atom. The van der Waals surface area contributed by atoms with Gasteiger partial charge in [-0.1, -0.05) is 29.8 Å². The zero-order valence-electron chi connectivity index (χ0n) is 24.9. The first kappa shape index (κ1) is 32.0. The van der Waals surface area contributed by atoms with Crippen LogP contribution in [0.15, 0.2) is 59.5 Å². The predicted octanol–water partition coefficient (Wildman–Crippen LogP) is 4.05. The number of rotatable bonds is 10. The summed E-state index contributed by atoms with van der Waals surface area (Å²) in [6.45, 7) is 3.18. The number of sulfonamides is 1. The minimum atomic E-state index is -3.63. The lowest BCUT2D eigenvalue weighted by Crippen LogP contribution is -2.49. The molecule has 2 aromatic carbocycles. The van der Waals surface area contributed by atoms with Gasteiger partial charge in [-0.15, -0.1) is 0 Å². The van der Waals surface area contributed by atoms with Gasteiger partial charge >= 0.3 is 11.5 Å². The Kier molecular flexibility index (Phi) is 10.2. The van der Waals surface area contributed by atoms with Crippen molar-refractivity contribution in [2.75, 3.05) is 44.8 Å². The number of aromatic nitrogens is 2. The number of piperazine rings is 1. The molecule has 0 bridgehead atoms. The van der Waals surface area contributed by atoms with E-state index in [0.717, 1.165) is 25.7 Å². The quantitative estimate of drug-likeness (QED) is 0.301. The van der Waals surface area contributed by atoms with Crippen molar-refractivity contribution in [3.8, 4) is 11.4 Å². The molecule has 1 aromatic heterocycles. The molecule has 0 radical (unpaired) electrons. The van der Waals surface area contributed by atoms with E-state index in [-0.39, 0.29) is 43.4 Å². The van der Waals surface area contributed by atoms with Crippen LogP contribution < -0.4 is 15.2 Å². The molecule has 3 aromatic rings. The number of carbonyl (C=O) groups excluding carboxylic acids is 1. The van der Waals surface area contributed by atoms with Crippen molar-refractivity contribution >= 4 is 33.3 Å². The lowest BCUT2D eigenvalue weighted by atomic mass is 9.95. The molecule has 0 spiro atoms. The number of halogens is 1. The molecular formula is C31H37ClN4O7S. The second-order valence-electron chi connectivity index (χ2n) is 10.9. The smallest absolute Gasteiger partial charge is 0.338 e. The standard InChI is InChI=1S/C31H37ClN4O7S/c1-3-42-31(38)23-9-7-22(8-10-23)21-44(39,40)35-17-15-34(16-18-35)28-20-33-36(25-6-4-5-24(32)19-25)30(37)29(28)43-27-13-11-26(41-2)12-14-27/h4-10,19-20,26-27H,3,11-18,21H2,1-2H3. The summed E-state index contributed by atoms with van der Waals surface area (Å²) in [5.41, 5.74) is 1.60. The van der Waals surface area contributed by atoms with Crippen LogP contribution >= 0.6 is 11.6 Å². The van der Waals surface area contributed by atoms with Crippen LogP contribution in [0, 0.1) is 0 Å². The first-order valence-corrected chi connectivity index (χ1v) is 16.7. The minimum absolute atomic E-state index is 0.153. The Morgan fingerprint density at radius 3 is 2.32 bits per heavy atom. The van der Waals surface area contributed by atoms with Crippen molar-refractivity contribution < 1.29 is 27.4 Å². The summed E-state index contributed by atoms with van der Waals surface area (Å²) in [6, 6.07) is 13.3. The SMILES string of the molecule is CCOC(=O)c1ccc(CS(=O)(=O)N2CCN(c3cnn(-c4cccc(Cl)c4)c(=O)c3OC3CCC(OC)CC3)CC2)cc1. The first-order chi connectivity index (χ1) is 21.2. The first-order valence-electron chi connectivity index (χ1n) is 14.7. The summed E-state index contributed by atoms with van der Waals surface area (Å²) in [5, 5.41) is 4.92. The highest BCUT2D eigenvalue weighted by Gasteiger charge is 2.31. The third-order valence-corrected chi connectivity index (χ3v) is 10.1. The number of methoxy groups -OCH3 is 1. The summed E-state index contributed by atoms with van der Waals surface area (Å²) < 4.78 is 46.2. The highest BCUT2D eigenvalue weighted by molar-refractivity contribution is 7.88. The zero-order chi connectivity index (χ0) is 31.3. The molecule has 0 atom stereocenters. The number of carbonyl (C=O) groups is 1. The Balaban J connectivity index is 1.32. The molecule has 5 rings (SSSR count). The summed E-state index contributed by atoms with van der Waals surface area (Å²) in [5.74, 6) is -0.441. The molecule has 0 unspecified atom stereocenters. The van der Waals surface area contributed by atoms with Crippen LogP contribution in [0.3, 0.4) is 0 Å². The van der Waals surface area contributed by atoms with E-state index in [1.165, 1.54) is 8.99 Å². The molecule has 2 aliphatic rings. The largest absolute Gasteiger partial charge is 0.483 e. The van der Waals surface area contributed by atoms with Gasteiger partial charge in [0.2, 0.25) is 15.8 Å². The molecule has 13 heteroatoms. The fourth-order valence-electron chi connectivity index (χ4n) is 5.57. The van der Waals surface area contributed by atoms with Gasteiger partial charge in [-0.3, -0.25) is 4.79 Å². The molecule has 2 fully saturated rings. The van der Waals surface area contributed by atoms with E-state index in [0.29, 0.717) is 40.6 Å². The van der Waals surface area contributed by atoms with Gasteiger partial charge in [-0.25, -0.2) is 13.2 Å². The number of anilines is 1. The van der Waals surface area contributed by atoms with Gasteiger partial charge in [0.1, 0.15) is 5.69 Å². The van der Waals surface area contributed by atoms with E-state index in [1.54, 1.807) is 68.8 Å². The Labute approximate surface area is 262 Å². The third kappa shape index (κ3) is 7.43. The van der Waals surface area contributed by atoms with Gasteiger partial charge < -0.3 is 19.1 Å². The zero-order valence-corrected chi connectivity index (χ0v) is 26.4. The third-order valence-electron chi connectivity index (χ3n) is 7.99. The fourth-order valence-corrected chi connectivity index (χ4v) is 7.27. The van der Waals surface area contributed by atoms with Crippen LogP contribution in [0.4, 0.5) is 5.69 Å². The highest BCUT2D eigenvalue weighted by atomic mass is 35.5. The van der Waals surface area contributed by atoms with Crippen molar-refractivity contribution in [2.45, 2.75) is 50.6 Å². The van der Waals surface area contributed by atoms with Gasteiger partial charge in [0.25, 0.3) is 0 Å². The number of esters is 1. The average molecular weight is 645 g/mol. The van der Waals surface area contributed by atoms with E-state index < -0.39 is 21.6 Å². The monoisotopic (exact) mass is 644 g/mol. The number of hydrogen-bond acceptors (Lipinski definition) is 9. The Bertz CT molecular complexity index is 1610. The van der Waals surface area contributed by atoms with Gasteiger partial charge in [0, 0.05) is 38.3 Å². The fraction of sp³-hybridized carbons (Fsp3) is 0.452. The topological polar surface area (TPSA) is 120 Å². The summed E-state index contributed by atoms with van der Waals surface area (Å²) >= 11 is 6.19. The molecule has 0 amide bonds. The van der Waals surface area contributed by atoms with Crippen LogP contribution in [0.1, 0.15) is 48.5 Å². The second kappa shape index (κ2) is 14.1. The van der Waals surface area contributed by atoms with Crippen LogP contribution in [-0.4, -0.2) is 80.6 Å². The lowest BCUT2D eigenvalue weighted by molar-refractivity contribution is 0.0323. The molecule has 2 heterocycles. The van der Waals surface area contributed by atoms with E-state index in [4.69, 9.17) is 25.8 Å². The van der Waals surface area contributed by atoms with E-state index in [9.17, 15) is 18.0 Å². The maximum atomic E-state index is 13.8. The maximum absolute atomic E-state index is 13.8. The van der Waals surface area contributed by atoms with Gasteiger partial charge in [-0.2, -0.15) is 14.1 Å². The van der Waals surface area contributed by atoms with Gasteiger partial charge in [-0.05, 0) is 68.5 Å². The van der Waals surface area contributed by atoms with Crippen LogP contribution in [-0.2, 0) is 25.2 Å². The van der Waals surface area contributed by atoms with E-state index in [1.807, 2.05) is 4.90 Å². The number of hydrogen-bond donors (Lipinski definition) is 0. The predicted molar refractivity (Wildman–Crippen MR) is 167 cm³/mol. The van der Waals surface area contributed by atoms with Crippen molar-refractivity contribution in [1.29, 1.82) is 0 Å². The molecular weight excluding hydrogens is 608 g/mol. The molecule has 1 saturated carbocycles. The van der Waals surface area contributed by atoms with Gasteiger partial charge in [0.05, 0.1) is 42.0 Å². The van der Waals surface area contributed by atoms with Crippen LogP contribution in [0.25, 0.3) is 5.69 Å². The number of ether oxygens (including phenoxy) is 3. The molecule has 1 saturated heterocycles. The van der Waals surface area contributed by atoms with Crippen LogP contribution in [0.5, 0.6) is 5.75 Å². The Morgan fingerprint density at radius 1 is 1.00 bits per heavy atom. The maximum Gasteiger partial charge on any atom is 0.338 e. The summed E-state index contributed by atoms with van der Waals surface area (Å²) in [7, 11) is -1.92. The average Bonchev–Trinajstić information content (AvgIpc) is 3.02. The Hall–Kier alpha value is -3.45. The van der Waals surface area contributed by atoms with Crippen molar-refractivity contribution in [2.24, 2.45) is 0 Å². The second-order valence-corrected chi connectivity index (χ2v) is 13.3. The van der Waals surface area contributed by atoms with Crippen LogP contribution in [0.2, 0.25) is 5.02 Å². The molecule has 236 valence electrons. The van der Waals surface area contributed by atoms with E-state index >= 15 is 0 Å². The molecule has 1 aliphatic heterocycles. The lowest BCUT2D eigenvalue weighted by Gasteiger charge is -2.36. The van der Waals surface area contributed by atoms with Gasteiger partial charge in [0.15, 0.2) is 0 Å². The van der Waals surface area contributed by atoms with Crippen molar-refractivity contribution in [3.63, 3.8) is 0 Å². The van der Waals surface area contributed by atoms with E-state index in [2.05, 4.69) is 5.10 Å². The van der Waals surface area contributed by atoms with Crippen molar-refractivity contribution in [3.05, 3.63) is 81.2 Å². The molecule has 0 N–H and O–H groups in total. The molecule has 44 heavy (non-hydrogen) atoms. The number of nitrogens with zero attached hydrogens (tertiary/aromatic N) is 4. The summed E-state index contributed by atoms with van der Waals surface area (Å²) in [6.07, 6.45) is 4.82. The minimum Gasteiger partial charge on any atom is -0.483 e. The number of benzene rings is 2. The normalized spacial score (nSPS) is 19.5. The molecule has 11 nitrogen and oxygen atoms in total.